The molecule has 0 aliphatic carbocycles. The second-order valence-electron chi connectivity index (χ2n) is 5.48. The van der Waals surface area contributed by atoms with Gasteiger partial charge in [-0.05, 0) is 50.2 Å². The van der Waals surface area contributed by atoms with Gasteiger partial charge in [-0.3, -0.25) is 4.79 Å². The summed E-state index contributed by atoms with van der Waals surface area (Å²) in [6.07, 6.45) is 0.912. The topological polar surface area (TPSA) is 47.6 Å². The molecule has 2 aromatic carbocycles. The highest BCUT2D eigenvalue weighted by Crippen LogP contribution is 2.32. The first kappa shape index (κ1) is 16.6. The molecule has 1 atom stereocenters. The van der Waals surface area contributed by atoms with Crippen molar-refractivity contribution < 1.29 is 14.3 Å². The lowest BCUT2D eigenvalue weighted by atomic mass is 9.98. The van der Waals surface area contributed by atoms with E-state index in [1.54, 1.807) is 24.4 Å². The molecule has 1 heterocycles. The van der Waals surface area contributed by atoms with Crippen LogP contribution in [0.4, 0.5) is 5.69 Å². The summed E-state index contributed by atoms with van der Waals surface area (Å²) in [5, 5.41) is 3.76. The molecule has 1 N–H and O–H groups in total. The van der Waals surface area contributed by atoms with Crippen LogP contribution in [0.2, 0.25) is 5.02 Å². The van der Waals surface area contributed by atoms with E-state index in [1.807, 2.05) is 38.1 Å². The van der Waals surface area contributed by atoms with Crippen LogP contribution in [0.25, 0.3) is 0 Å². The van der Waals surface area contributed by atoms with Crippen LogP contribution in [0.15, 0.2) is 54.2 Å². The van der Waals surface area contributed by atoms with Crippen LogP contribution >= 0.6 is 11.6 Å². The molecule has 24 heavy (non-hydrogen) atoms. The van der Waals surface area contributed by atoms with Crippen molar-refractivity contribution in [3.05, 3.63) is 70.4 Å². The molecule has 0 saturated heterocycles. The number of benzene rings is 2. The first-order valence-corrected chi connectivity index (χ1v) is 8.12. The zero-order chi connectivity index (χ0) is 17.1. The Balaban J connectivity index is 1.92. The van der Waals surface area contributed by atoms with Crippen molar-refractivity contribution in [3.63, 3.8) is 0 Å². The second-order valence-corrected chi connectivity index (χ2v) is 5.92. The first-order chi connectivity index (χ1) is 11.6. The van der Waals surface area contributed by atoms with E-state index in [4.69, 9.17) is 21.1 Å². The van der Waals surface area contributed by atoms with Gasteiger partial charge in [-0.15, -0.1) is 0 Å². The van der Waals surface area contributed by atoms with E-state index in [0.717, 1.165) is 11.3 Å². The number of nitrogens with one attached hydrogen (secondary N) is 1. The van der Waals surface area contributed by atoms with Gasteiger partial charge in [0.2, 0.25) is 6.29 Å². The van der Waals surface area contributed by atoms with Gasteiger partial charge >= 0.3 is 0 Å². The highest BCUT2D eigenvalue weighted by molar-refractivity contribution is 6.30. The van der Waals surface area contributed by atoms with E-state index >= 15 is 0 Å². The normalized spacial score (nSPS) is 18.2. The molecule has 0 fully saturated rings. The van der Waals surface area contributed by atoms with Crippen molar-refractivity contribution in [1.82, 2.24) is 0 Å². The van der Waals surface area contributed by atoms with Crippen molar-refractivity contribution in [2.24, 2.45) is 0 Å². The lowest BCUT2D eigenvalue weighted by Crippen LogP contribution is -2.33. The van der Waals surface area contributed by atoms with Gasteiger partial charge in [0.15, 0.2) is 5.78 Å². The maximum atomic E-state index is 12.8. The SMILES string of the molecule is CCOC1Oc2ccc(C)cc2C(=O)C1=CNc1ccc(Cl)cc1. The third kappa shape index (κ3) is 3.45. The van der Waals surface area contributed by atoms with Gasteiger partial charge in [-0.1, -0.05) is 23.2 Å². The summed E-state index contributed by atoms with van der Waals surface area (Å²) in [4.78, 5) is 12.8. The van der Waals surface area contributed by atoms with Crippen molar-refractivity contribution in [1.29, 1.82) is 0 Å². The third-order valence-corrected chi connectivity index (χ3v) is 3.94. The molecule has 0 aromatic heterocycles. The average molecular weight is 344 g/mol. The Morgan fingerprint density at radius 2 is 2.00 bits per heavy atom. The zero-order valence-electron chi connectivity index (χ0n) is 13.5. The lowest BCUT2D eigenvalue weighted by Gasteiger charge is -2.27. The quantitative estimate of drug-likeness (QED) is 0.825. The molecule has 0 amide bonds. The summed E-state index contributed by atoms with van der Waals surface area (Å²) >= 11 is 5.88. The fourth-order valence-corrected chi connectivity index (χ4v) is 2.61. The van der Waals surface area contributed by atoms with Crippen LogP contribution in [0.3, 0.4) is 0 Å². The number of aryl methyl sites for hydroxylation is 1. The Bertz CT molecular complexity index is 784. The monoisotopic (exact) mass is 343 g/mol. The largest absolute Gasteiger partial charge is 0.460 e. The van der Waals surface area contributed by atoms with Crippen molar-refractivity contribution in [2.75, 3.05) is 11.9 Å². The van der Waals surface area contributed by atoms with Crippen molar-refractivity contribution in [3.8, 4) is 5.75 Å². The van der Waals surface area contributed by atoms with Gasteiger partial charge < -0.3 is 14.8 Å². The number of carbonyl (C=O) groups excluding carboxylic acids is 1. The molecular weight excluding hydrogens is 326 g/mol. The zero-order valence-corrected chi connectivity index (χ0v) is 14.3. The predicted octanol–water partition coefficient (Wildman–Crippen LogP) is 4.58. The van der Waals surface area contributed by atoms with Crippen molar-refractivity contribution >= 4 is 23.1 Å². The number of rotatable bonds is 4. The van der Waals surface area contributed by atoms with Crippen LogP contribution < -0.4 is 10.1 Å². The molecular formula is C19H18ClNO3. The van der Waals surface area contributed by atoms with E-state index in [1.165, 1.54) is 0 Å². The van der Waals surface area contributed by atoms with Crippen LogP contribution in [0.1, 0.15) is 22.8 Å². The van der Waals surface area contributed by atoms with E-state index in [-0.39, 0.29) is 5.78 Å². The summed E-state index contributed by atoms with van der Waals surface area (Å²) in [7, 11) is 0. The molecule has 3 rings (SSSR count). The second kappa shape index (κ2) is 7.07. The van der Waals surface area contributed by atoms with E-state index in [9.17, 15) is 4.79 Å². The molecule has 124 valence electrons. The van der Waals surface area contributed by atoms with Gasteiger partial charge in [0.05, 0.1) is 11.1 Å². The fourth-order valence-electron chi connectivity index (χ4n) is 2.48. The molecule has 2 aromatic rings. The van der Waals surface area contributed by atoms with Crippen LogP contribution in [-0.4, -0.2) is 18.7 Å². The smallest absolute Gasteiger partial charge is 0.232 e. The van der Waals surface area contributed by atoms with Gasteiger partial charge in [0, 0.05) is 23.5 Å². The summed E-state index contributed by atoms with van der Waals surface area (Å²) in [5.74, 6) is 0.451. The summed E-state index contributed by atoms with van der Waals surface area (Å²) in [5.41, 5.74) is 2.82. The van der Waals surface area contributed by atoms with Crippen molar-refractivity contribution in [2.45, 2.75) is 20.1 Å². The summed E-state index contributed by atoms with van der Waals surface area (Å²) in [6.45, 7) is 4.25. The third-order valence-electron chi connectivity index (χ3n) is 3.69. The maximum absolute atomic E-state index is 12.8. The minimum absolute atomic E-state index is 0.0973. The average Bonchev–Trinajstić information content (AvgIpc) is 2.57. The van der Waals surface area contributed by atoms with E-state index in [0.29, 0.717) is 28.5 Å². The number of ether oxygens (including phenoxy) is 2. The molecule has 5 heteroatoms. The molecule has 4 nitrogen and oxygen atoms in total. The number of fused-ring (bicyclic) bond motifs is 1. The number of ketones is 1. The lowest BCUT2D eigenvalue weighted by molar-refractivity contribution is -0.0509. The number of hydrogen-bond acceptors (Lipinski definition) is 4. The molecule has 0 radical (unpaired) electrons. The number of hydrogen-bond donors (Lipinski definition) is 1. The highest BCUT2D eigenvalue weighted by Gasteiger charge is 2.32. The Morgan fingerprint density at radius 1 is 1.25 bits per heavy atom. The van der Waals surface area contributed by atoms with Gasteiger partial charge in [-0.25, -0.2) is 0 Å². The standard InChI is InChI=1S/C19H18ClNO3/c1-3-23-19-16(11-21-14-7-5-13(20)6-8-14)18(22)15-10-12(2)4-9-17(15)24-19/h4-11,19,21H,3H2,1-2H3. The minimum Gasteiger partial charge on any atom is -0.460 e. The number of Topliss-reactive ketones (excluding diaryl/α,β-unsaturated/α-hetero) is 1. The van der Waals surface area contributed by atoms with Crippen LogP contribution in [0, 0.1) is 6.92 Å². The Labute approximate surface area is 146 Å². The molecule has 1 aliphatic rings. The van der Waals surface area contributed by atoms with Crippen LogP contribution in [-0.2, 0) is 4.74 Å². The molecule has 1 aliphatic heterocycles. The van der Waals surface area contributed by atoms with E-state index < -0.39 is 6.29 Å². The number of anilines is 1. The molecule has 1 unspecified atom stereocenters. The molecule has 0 saturated carbocycles. The Hall–Kier alpha value is -2.30. The highest BCUT2D eigenvalue weighted by atomic mass is 35.5. The van der Waals surface area contributed by atoms with Crippen LogP contribution in [0.5, 0.6) is 5.75 Å². The fraction of sp³-hybridized carbons (Fsp3) is 0.211. The summed E-state index contributed by atoms with van der Waals surface area (Å²) in [6, 6.07) is 12.8. The minimum atomic E-state index is -0.725. The van der Waals surface area contributed by atoms with Gasteiger partial charge in [-0.2, -0.15) is 0 Å². The number of carbonyl (C=O) groups is 1. The first-order valence-electron chi connectivity index (χ1n) is 7.74. The summed E-state index contributed by atoms with van der Waals surface area (Å²) < 4.78 is 11.4. The molecule has 0 bridgehead atoms. The van der Waals surface area contributed by atoms with Gasteiger partial charge in [0.25, 0.3) is 0 Å². The van der Waals surface area contributed by atoms with E-state index in [2.05, 4.69) is 5.32 Å². The maximum Gasteiger partial charge on any atom is 0.232 e. The van der Waals surface area contributed by atoms with Gasteiger partial charge in [0.1, 0.15) is 5.75 Å². The Kier molecular flexibility index (Phi) is 4.88. The number of halogens is 1. The Morgan fingerprint density at radius 3 is 2.71 bits per heavy atom. The predicted molar refractivity (Wildman–Crippen MR) is 94.7 cm³/mol. The molecule has 0 spiro atoms.